The Kier molecular flexibility index (Phi) is 5.69. The number of carbonyl (C=O) groups excluding carboxylic acids is 1. The summed E-state index contributed by atoms with van der Waals surface area (Å²) in [5, 5.41) is 7.64. The number of thioether (sulfide) groups is 1. The maximum absolute atomic E-state index is 12.2. The number of rotatable bonds is 4. The topological polar surface area (TPSA) is 61.9 Å². The lowest BCUT2D eigenvalue weighted by Gasteiger charge is -2.24. The Morgan fingerprint density at radius 3 is 2.58 bits per heavy atom. The summed E-state index contributed by atoms with van der Waals surface area (Å²) >= 11 is 1.43. The lowest BCUT2D eigenvalue weighted by Crippen LogP contribution is -2.35. The minimum atomic E-state index is 0.217. The van der Waals surface area contributed by atoms with Crippen LogP contribution in [0.4, 0.5) is 0 Å². The van der Waals surface area contributed by atoms with Gasteiger partial charge in [0.05, 0.1) is 5.75 Å². The molecule has 0 aliphatic carbocycles. The van der Waals surface area contributed by atoms with Crippen molar-refractivity contribution >= 4 is 17.7 Å². The van der Waals surface area contributed by atoms with Crippen molar-refractivity contribution in [3.8, 4) is 0 Å². The van der Waals surface area contributed by atoms with E-state index in [0.717, 1.165) is 38.2 Å². The predicted molar refractivity (Wildman–Crippen MR) is 76.1 cm³/mol. The number of nitrogens with one attached hydrogen (secondary N) is 1. The van der Waals surface area contributed by atoms with Crippen LogP contribution in [0.25, 0.3) is 0 Å². The van der Waals surface area contributed by atoms with Crippen molar-refractivity contribution in [3.63, 3.8) is 0 Å². The third kappa shape index (κ3) is 4.53. The van der Waals surface area contributed by atoms with Gasteiger partial charge < -0.3 is 4.90 Å². The summed E-state index contributed by atoms with van der Waals surface area (Å²) in [6, 6.07) is 0. The molecule has 0 radical (unpaired) electrons. The quantitative estimate of drug-likeness (QED) is 0.860. The average Bonchev–Trinajstić information content (AvgIpc) is 2.83. The van der Waals surface area contributed by atoms with Crippen LogP contribution in [0.15, 0.2) is 5.16 Å². The molecule has 0 bridgehead atoms. The molecule has 1 saturated heterocycles. The lowest BCUT2D eigenvalue weighted by molar-refractivity contribution is -0.128. The first-order valence-electron chi connectivity index (χ1n) is 7.11. The molecule has 106 valence electrons. The monoisotopic (exact) mass is 282 g/mol. The second-order valence-electron chi connectivity index (χ2n) is 4.86. The number of aromatic nitrogens is 3. The molecule has 1 aromatic rings. The Labute approximate surface area is 118 Å². The van der Waals surface area contributed by atoms with E-state index in [1.807, 2.05) is 11.8 Å². The van der Waals surface area contributed by atoms with Gasteiger partial charge in [-0.1, -0.05) is 37.9 Å². The highest BCUT2D eigenvalue weighted by atomic mass is 32.2. The molecule has 1 N–H and O–H groups in total. The standard InChI is InChI=1S/C13H22N4OS/c1-2-11-14-13(16-15-11)19-10-12(18)17-8-6-4-3-5-7-9-17/h2-10H2,1H3,(H,14,15,16). The molecule has 1 fully saturated rings. The molecule has 6 heteroatoms. The van der Waals surface area contributed by atoms with E-state index in [-0.39, 0.29) is 5.91 Å². The second-order valence-corrected chi connectivity index (χ2v) is 5.80. The van der Waals surface area contributed by atoms with E-state index in [9.17, 15) is 4.79 Å². The van der Waals surface area contributed by atoms with E-state index >= 15 is 0 Å². The van der Waals surface area contributed by atoms with Crippen molar-refractivity contribution in [1.82, 2.24) is 20.1 Å². The van der Waals surface area contributed by atoms with Gasteiger partial charge in [-0.2, -0.15) is 0 Å². The highest BCUT2D eigenvalue weighted by Gasteiger charge is 2.15. The van der Waals surface area contributed by atoms with Gasteiger partial charge in [-0.15, -0.1) is 5.10 Å². The van der Waals surface area contributed by atoms with Crippen LogP contribution in [-0.2, 0) is 11.2 Å². The molecule has 2 rings (SSSR count). The van der Waals surface area contributed by atoms with Crippen molar-refractivity contribution in [1.29, 1.82) is 0 Å². The largest absolute Gasteiger partial charge is 0.342 e. The Bertz CT molecular complexity index is 399. The summed E-state index contributed by atoms with van der Waals surface area (Å²) < 4.78 is 0. The van der Waals surface area contributed by atoms with Crippen LogP contribution in [0.1, 0.15) is 44.9 Å². The van der Waals surface area contributed by atoms with E-state index < -0.39 is 0 Å². The molecule has 1 amide bonds. The fourth-order valence-corrected chi connectivity index (χ4v) is 2.93. The highest BCUT2D eigenvalue weighted by Crippen LogP contribution is 2.15. The summed E-state index contributed by atoms with van der Waals surface area (Å²) in [5.41, 5.74) is 0. The van der Waals surface area contributed by atoms with Crippen molar-refractivity contribution in [2.24, 2.45) is 0 Å². The third-order valence-electron chi connectivity index (χ3n) is 3.38. The lowest BCUT2D eigenvalue weighted by atomic mass is 10.1. The van der Waals surface area contributed by atoms with Crippen molar-refractivity contribution < 1.29 is 4.79 Å². The number of hydrogen-bond acceptors (Lipinski definition) is 4. The summed E-state index contributed by atoms with van der Waals surface area (Å²) in [5.74, 6) is 1.54. The molecule has 0 spiro atoms. The minimum Gasteiger partial charge on any atom is -0.342 e. The fourth-order valence-electron chi connectivity index (χ4n) is 2.21. The Morgan fingerprint density at radius 2 is 1.95 bits per heavy atom. The number of aromatic amines is 1. The van der Waals surface area contributed by atoms with E-state index in [2.05, 4.69) is 15.2 Å². The van der Waals surface area contributed by atoms with Gasteiger partial charge in [0, 0.05) is 19.5 Å². The smallest absolute Gasteiger partial charge is 0.233 e. The molecule has 1 aliphatic rings. The first-order chi connectivity index (χ1) is 9.29. The van der Waals surface area contributed by atoms with Gasteiger partial charge in [-0.3, -0.25) is 9.89 Å². The fraction of sp³-hybridized carbons (Fsp3) is 0.769. The minimum absolute atomic E-state index is 0.217. The maximum atomic E-state index is 12.2. The second kappa shape index (κ2) is 7.53. The molecule has 2 heterocycles. The van der Waals surface area contributed by atoms with Crippen molar-refractivity contribution in [2.75, 3.05) is 18.8 Å². The number of carbonyl (C=O) groups is 1. The molecule has 1 aromatic heterocycles. The molecule has 5 nitrogen and oxygen atoms in total. The van der Waals surface area contributed by atoms with E-state index in [1.165, 1.54) is 31.0 Å². The van der Waals surface area contributed by atoms with Crippen LogP contribution < -0.4 is 0 Å². The molecule has 1 aliphatic heterocycles. The summed E-state index contributed by atoms with van der Waals surface area (Å²) in [6.45, 7) is 3.85. The first-order valence-corrected chi connectivity index (χ1v) is 8.10. The molecule has 0 saturated carbocycles. The van der Waals surface area contributed by atoms with Crippen LogP contribution in [0.5, 0.6) is 0 Å². The number of hydrogen-bond donors (Lipinski definition) is 1. The zero-order valence-electron chi connectivity index (χ0n) is 11.5. The van der Waals surface area contributed by atoms with Crippen LogP contribution in [0.3, 0.4) is 0 Å². The zero-order chi connectivity index (χ0) is 13.5. The zero-order valence-corrected chi connectivity index (χ0v) is 12.3. The molecule has 0 unspecified atom stereocenters. The van der Waals surface area contributed by atoms with E-state index in [4.69, 9.17) is 0 Å². The maximum Gasteiger partial charge on any atom is 0.233 e. The van der Waals surface area contributed by atoms with Gasteiger partial charge in [0.2, 0.25) is 11.1 Å². The normalized spacial score (nSPS) is 17.0. The van der Waals surface area contributed by atoms with Crippen LogP contribution >= 0.6 is 11.8 Å². The number of nitrogens with zero attached hydrogens (tertiary/aromatic N) is 3. The van der Waals surface area contributed by atoms with Gasteiger partial charge in [0.1, 0.15) is 5.82 Å². The summed E-state index contributed by atoms with van der Waals surface area (Å²) in [7, 11) is 0. The molecule has 0 atom stereocenters. The summed E-state index contributed by atoms with van der Waals surface area (Å²) in [4.78, 5) is 18.5. The van der Waals surface area contributed by atoms with Gasteiger partial charge in [0.15, 0.2) is 0 Å². The third-order valence-corrected chi connectivity index (χ3v) is 4.21. The number of likely N-dealkylation sites (tertiary alicyclic amines) is 1. The highest BCUT2D eigenvalue weighted by molar-refractivity contribution is 7.99. The van der Waals surface area contributed by atoms with Gasteiger partial charge in [0.25, 0.3) is 0 Å². The van der Waals surface area contributed by atoms with Crippen LogP contribution in [0, 0.1) is 0 Å². The first kappa shape index (κ1) is 14.4. The van der Waals surface area contributed by atoms with Gasteiger partial charge in [-0.25, -0.2) is 4.98 Å². The van der Waals surface area contributed by atoms with Gasteiger partial charge >= 0.3 is 0 Å². The van der Waals surface area contributed by atoms with Crippen molar-refractivity contribution in [2.45, 2.75) is 50.6 Å². The molecule has 19 heavy (non-hydrogen) atoms. The molecular formula is C13H22N4OS. The SMILES string of the molecule is CCc1nc(SCC(=O)N2CCCCCCC2)n[nH]1. The Balaban J connectivity index is 1.79. The number of amides is 1. The van der Waals surface area contributed by atoms with Gasteiger partial charge in [-0.05, 0) is 12.8 Å². The van der Waals surface area contributed by atoms with Crippen molar-refractivity contribution in [3.05, 3.63) is 5.82 Å². The average molecular weight is 282 g/mol. The number of aryl methyl sites for hydroxylation is 1. The molecular weight excluding hydrogens is 260 g/mol. The summed E-state index contributed by atoms with van der Waals surface area (Å²) in [6.07, 6.45) is 6.92. The van der Waals surface area contributed by atoms with E-state index in [1.54, 1.807) is 0 Å². The Hall–Kier alpha value is -1.04. The van der Waals surface area contributed by atoms with E-state index in [0.29, 0.717) is 10.9 Å². The number of H-pyrrole nitrogens is 1. The van der Waals surface area contributed by atoms with Crippen LogP contribution in [-0.4, -0.2) is 44.8 Å². The van der Waals surface area contributed by atoms with Crippen LogP contribution in [0.2, 0.25) is 0 Å². The molecule has 0 aromatic carbocycles. The Morgan fingerprint density at radius 1 is 1.26 bits per heavy atom. The predicted octanol–water partition coefficient (Wildman–Crippen LogP) is 2.25.